The molecule has 25 heavy (non-hydrogen) atoms. The van der Waals surface area contributed by atoms with Crippen LogP contribution >= 0.6 is 23.2 Å². The Kier molecular flexibility index (Phi) is 5.06. The van der Waals surface area contributed by atoms with Gasteiger partial charge in [0.2, 0.25) is 5.82 Å². The Morgan fingerprint density at radius 2 is 2.08 bits per heavy atom. The lowest BCUT2D eigenvalue weighted by atomic mass is 10.3. The topological polar surface area (TPSA) is 79.7 Å². The van der Waals surface area contributed by atoms with E-state index in [2.05, 4.69) is 25.1 Å². The van der Waals surface area contributed by atoms with Crippen LogP contribution < -0.4 is 10.4 Å². The molecular formula is C16H15Cl2N5O2. The second-order valence-electron chi connectivity index (χ2n) is 5.35. The molecule has 0 aliphatic carbocycles. The largest absolute Gasteiger partial charge is 0.463 e. The molecule has 3 rings (SSSR count). The number of ether oxygens (including phenoxy) is 1. The number of aryl methyl sites for hydroxylation is 1. The summed E-state index contributed by atoms with van der Waals surface area (Å²) in [5.74, 6) is 0.509. The van der Waals surface area contributed by atoms with E-state index in [4.69, 9.17) is 23.2 Å². The van der Waals surface area contributed by atoms with E-state index in [1.54, 1.807) is 25.1 Å². The number of nitrogens with one attached hydrogen (secondary N) is 1. The lowest BCUT2D eigenvalue weighted by Gasteiger charge is -2.18. The standard InChI is InChI=1S/C16H15Cl2N5O2/c1-9-7-14(21-15(19-9)16(24)25-2)20-13-5-6-23(22-13)10-3-4-11(17)12(18)8-10/h3-4,7-8H,5-6H2,1-2H3,(H,19,20,21,22). The predicted octanol–water partition coefficient (Wildman–Crippen LogP) is 3.32. The molecular weight excluding hydrogens is 365 g/mol. The lowest BCUT2D eigenvalue weighted by Crippen LogP contribution is -2.33. The number of aliphatic imine (C=N–C) groups is 1. The van der Waals surface area contributed by atoms with Gasteiger partial charge in [-0.2, -0.15) is 0 Å². The number of hydrogen-bond acceptors (Lipinski definition) is 6. The molecule has 0 saturated carbocycles. The van der Waals surface area contributed by atoms with Gasteiger partial charge in [-0.05, 0) is 25.1 Å². The lowest BCUT2D eigenvalue weighted by molar-refractivity contribution is 0.0586. The summed E-state index contributed by atoms with van der Waals surface area (Å²) in [5, 5.41) is 2.90. The third-order valence-electron chi connectivity index (χ3n) is 3.51. The Morgan fingerprint density at radius 3 is 2.80 bits per heavy atom. The zero-order chi connectivity index (χ0) is 18.0. The number of benzene rings is 1. The van der Waals surface area contributed by atoms with Gasteiger partial charge >= 0.3 is 5.97 Å². The third kappa shape index (κ3) is 4.00. The molecule has 0 radical (unpaired) electrons. The van der Waals surface area contributed by atoms with Crippen LogP contribution in [0.15, 0.2) is 29.3 Å². The van der Waals surface area contributed by atoms with Gasteiger partial charge in [0.05, 0.1) is 22.8 Å². The fourth-order valence-corrected chi connectivity index (χ4v) is 2.64. The summed E-state index contributed by atoms with van der Waals surface area (Å²) in [4.78, 5) is 24.2. The summed E-state index contributed by atoms with van der Waals surface area (Å²) in [6.45, 7) is 2.48. The SMILES string of the molecule is COC(=O)c1nc(C)cc(N=C2CCN(c3ccc(Cl)c(Cl)c3)N2)n1. The number of rotatable bonds is 3. The molecule has 0 bridgehead atoms. The Morgan fingerprint density at radius 1 is 1.28 bits per heavy atom. The fraction of sp³-hybridized carbons (Fsp3) is 0.250. The van der Waals surface area contributed by atoms with Crippen LogP contribution in [0.1, 0.15) is 22.7 Å². The minimum Gasteiger partial charge on any atom is -0.463 e. The van der Waals surface area contributed by atoms with E-state index in [0.717, 1.165) is 11.5 Å². The van der Waals surface area contributed by atoms with Crippen LogP contribution in [-0.4, -0.2) is 35.4 Å². The monoisotopic (exact) mass is 379 g/mol. The van der Waals surface area contributed by atoms with Crippen molar-refractivity contribution < 1.29 is 9.53 Å². The molecule has 1 aliphatic heterocycles. The van der Waals surface area contributed by atoms with Gasteiger partial charge in [-0.3, -0.25) is 10.4 Å². The van der Waals surface area contributed by atoms with E-state index in [0.29, 0.717) is 34.5 Å². The predicted molar refractivity (Wildman–Crippen MR) is 96.8 cm³/mol. The van der Waals surface area contributed by atoms with E-state index < -0.39 is 5.97 Å². The highest BCUT2D eigenvalue weighted by atomic mass is 35.5. The first-order chi connectivity index (χ1) is 12.0. The quantitative estimate of drug-likeness (QED) is 0.823. The Hall–Kier alpha value is -2.38. The number of amidine groups is 1. The number of methoxy groups -OCH3 is 1. The van der Waals surface area contributed by atoms with Crippen LogP contribution in [-0.2, 0) is 4.74 Å². The number of aromatic nitrogens is 2. The Bertz CT molecular complexity index is 856. The zero-order valence-electron chi connectivity index (χ0n) is 13.6. The number of anilines is 1. The number of carbonyl (C=O) groups excluding carboxylic acids is 1. The highest BCUT2D eigenvalue weighted by molar-refractivity contribution is 6.42. The second kappa shape index (κ2) is 7.25. The first-order valence-corrected chi connectivity index (χ1v) is 8.22. The van der Waals surface area contributed by atoms with Crippen LogP contribution in [0.3, 0.4) is 0 Å². The fourth-order valence-electron chi connectivity index (χ4n) is 2.34. The van der Waals surface area contributed by atoms with Gasteiger partial charge in [-0.15, -0.1) is 0 Å². The van der Waals surface area contributed by atoms with E-state index >= 15 is 0 Å². The van der Waals surface area contributed by atoms with Crippen LogP contribution in [0.25, 0.3) is 0 Å². The molecule has 0 atom stereocenters. The number of hydrogen-bond donors (Lipinski definition) is 1. The number of nitrogens with zero attached hydrogens (tertiary/aromatic N) is 4. The molecule has 7 nitrogen and oxygen atoms in total. The number of carbonyl (C=O) groups is 1. The van der Waals surface area contributed by atoms with Crippen molar-refractivity contribution in [3.8, 4) is 0 Å². The smallest absolute Gasteiger partial charge is 0.376 e. The van der Waals surface area contributed by atoms with E-state index in [-0.39, 0.29) is 5.82 Å². The molecule has 1 saturated heterocycles. The summed E-state index contributed by atoms with van der Waals surface area (Å²) >= 11 is 12.0. The molecule has 0 amide bonds. The van der Waals surface area contributed by atoms with Gasteiger partial charge in [0.25, 0.3) is 0 Å². The van der Waals surface area contributed by atoms with E-state index in [9.17, 15) is 4.79 Å². The average molecular weight is 380 g/mol. The average Bonchev–Trinajstić information content (AvgIpc) is 3.04. The molecule has 130 valence electrons. The van der Waals surface area contributed by atoms with Crippen LogP contribution in [0.5, 0.6) is 0 Å². The third-order valence-corrected chi connectivity index (χ3v) is 4.25. The molecule has 0 unspecified atom stereocenters. The van der Waals surface area contributed by atoms with Crippen LogP contribution in [0.2, 0.25) is 10.0 Å². The van der Waals surface area contributed by atoms with Crippen molar-refractivity contribution in [2.45, 2.75) is 13.3 Å². The zero-order valence-corrected chi connectivity index (χ0v) is 15.1. The van der Waals surface area contributed by atoms with Crippen molar-refractivity contribution in [1.82, 2.24) is 15.4 Å². The molecule has 9 heteroatoms. The Labute approximate surface area is 154 Å². The van der Waals surface area contributed by atoms with Crippen molar-refractivity contribution in [2.75, 3.05) is 18.7 Å². The number of esters is 1. The molecule has 1 aliphatic rings. The molecule has 1 fully saturated rings. The molecule has 2 heterocycles. The van der Waals surface area contributed by atoms with Crippen molar-refractivity contribution in [3.63, 3.8) is 0 Å². The molecule has 1 aromatic carbocycles. The van der Waals surface area contributed by atoms with Gasteiger partial charge in [-0.25, -0.2) is 19.8 Å². The molecule has 0 spiro atoms. The maximum Gasteiger partial charge on any atom is 0.376 e. The molecule has 1 aromatic heterocycles. The maximum absolute atomic E-state index is 11.6. The normalized spacial score (nSPS) is 15.4. The molecule has 1 N–H and O–H groups in total. The number of halogens is 2. The van der Waals surface area contributed by atoms with E-state index in [1.807, 2.05) is 11.1 Å². The maximum atomic E-state index is 11.6. The first-order valence-electron chi connectivity index (χ1n) is 7.47. The van der Waals surface area contributed by atoms with Crippen molar-refractivity contribution >= 4 is 46.5 Å². The summed E-state index contributed by atoms with van der Waals surface area (Å²) in [6.07, 6.45) is 0.691. The second-order valence-corrected chi connectivity index (χ2v) is 6.17. The minimum atomic E-state index is -0.595. The van der Waals surface area contributed by atoms with Crippen LogP contribution in [0.4, 0.5) is 11.5 Å². The van der Waals surface area contributed by atoms with Crippen molar-refractivity contribution in [1.29, 1.82) is 0 Å². The van der Waals surface area contributed by atoms with Crippen LogP contribution in [0, 0.1) is 6.92 Å². The van der Waals surface area contributed by atoms with Crippen molar-refractivity contribution in [2.24, 2.45) is 4.99 Å². The molecule has 2 aromatic rings. The summed E-state index contributed by atoms with van der Waals surface area (Å²) < 4.78 is 4.65. The van der Waals surface area contributed by atoms with E-state index in [1.165, 1.54) is 7.11 Å². The van der Waals surface area contributed by atoms with Gasteiger partial charge in [0, 0.05) is 24.7 Å². The minimum absolute atomic E-state index is 0.0128. The highest BCUT2D eigenvalue weighted by Crippen LogP contribution is 2.27. The summed E-state index contributed by atoms with van der Waals surface area (Å²) in [6, 6.07) is 7.09. The van der Waals surface area contributed by atoms with Gasteiger partial charge in [0.1, 0.15) is 5.84 Å². The van der Waals surface area contributed by atoms with Gasteiger partial charge in [-0.1, -0.05) is 23.2 Å². The highest BCUT2D eigenvalue weighted by Gasteiger charge is 2.19. The Balaban J connectivity index is 1.80. The summed E-state index contributed by atoms with van der Waals surface area (Å²) in [7, 11) is 1.28. The first kappa shape index (κ1) is 17.4. The van der Waals surface area contributed by atoms with Crippen molar-refractivity contribution in [3.05, 3.63) is 45.8 Å². The van der Waals surface area contributed by atoms with Gasteiger partial charge in [0.15, 0.2) is 5.82 Å². The van der Waals surface area contributed by atoms with Gasteiger partial charge < -0.3 is 4.74 Å². The number of hydrazine groups is 1. The summed E-state index contributed by atoms with van der Waals surface area (Å²) in [5.41, 5.74) is 4.71.